The molecular formula is C25H31FN2O4Si. The number of aromatic amines is 1. The fraction of sp³-hybridized carbons (Fsp3) is 0.360. The summed E-state index contributed by atoms with van der Waals surface area (Å²) in [6.45, 7) is 5.50. The first-order valence-electron chi connectivity index (χ1n) is 10.9. The average molecular weight is 471 g/mol. The third-order valence-electron chi connectivity index (χ3n) is 6.60. The molecule has 0 aliphatic carbocycles. The van der Waals surface area contributed by atoms with Crippen molar-refractivity contribution < 1.29 is 14.6 Å². The van der Waals surface area contributed by atoms with Crippen LogP contribution in [0.1, 0.15) is 20.8 Å². The quantitative estimate of drug-likeness (QED) is 0.437. The van der Waals surface area contributed by atoms with E-state index in [9.17, 15) is 24.2 Å². The summed E-state index contributed by atoms with van der Waals surface area (Å²) in [4.78, 5) is 25.8. The van der Waals surface area contributed by atoms with Crippen LogP contribution in [0.15, 0.2) is 76.4 Å². The van der Waals surface area contributed by atoms with Gasteiger partial charge in [-0.15, -0.1) is 0 Å². The van der Waals surface area contributed by atoms with Gasteiger partial charge in [0.2, 0.25) is 5.82 Å². The molecule has 3 rings (SSSR count). The van der Waals surface area contributed by atoms with Crippen LogP contribution in [0.4, 0.5) is 4.39 Å². The largest absolute Gasteiger partial charge is 0.396 e. The molecule has 33 heavy (non-hydrogen) atoms. The van der Waals surface area contributed by atoms with E-state index in [4.69, 9.17) is 0 Å². The summed E-state index contributed by atoms with van der Waals surface area (Å²) in [5.41, 5.74) is -3.02. The maximum atomic E-state index is 14.0. The lowest BCUT2D eigenvalue weighted by Crippen LogP contribution is -2.67. The smallest absolute Gasteiger partial charge is 0.328 e. The number of benzene rings is 2. The summed E-state index contributed by atoms with van der Waals surface area (Å²) in [6.07, 6.45) is 0.840. The fourth-order valence-electron chi connectivity index (χ4n) is 4.79. The molecule has 0 bridgehead atoms. The van der Waals surface area contributed by atoms with Crippen molar-refractivity contribution in [1.29, 1.82) is 0 Å². The monoisotopic (exact) mass is 470 g/mol. The Kier molecular flexibility index (Phi) is 7.21. The maximum Gasteiger partial charge on any atom is 0.328 e. The van der Waals surface area contributed by atoms with E-state index in [1.807, 2.05) is 41.4 Å². The number of aliphatic hydroxyl groups excluding tert-OH is 2. The molecule has 6 nitrogen and oxygen atoms in total. The van der Waals surface area contributed by atoms with E-state index in [1.165, 1.54) is 0 Å². The van der Waals surface area contributed by atoms with Crippen molar-refractivity contribution in [1.82, 2.24) is 9.55 Å². The van der Waals surface area contributed by atoms with E-state index in [1.54, 1.807) is 0 Å². The van der Waals surface area contributed by atoms with Gasteiger partial charge in [-0.1, -0.05) is 91.8 Å². The molecule has 3 N–H and O–H groups in total. The number of nitrogens with one attached hydrogen (secondary N) is 1. The summed E-state index contributed by atoms with van der Waals surface area (Å²) in [6, 6.07) is 20.5. The minimum absolute atomic E-state index is 0.142. The molecule has 0 amide bonds. The fourth-order valence-corrected chi connectivity index (χ4v) is 10.8. The lowest BCUT2D eigenvalue weighted by Gasteiger charge is -2.49. The van der Waals surface area contributed by atoms with Crippen molar-refractivity contribution >= 4 is 18.4 Å². The van der Waals surface area contributed by atoms with E-state index >= 15 is 0 Å². The summed E-state index contributed by atoms with van der Waals surface area (Å²) < 4.78 is 15.0. The molecule has 0 unspecified atom stereocenters. The molecule has 2 aromatic carbocycles. The van der Waals surface area contributed by atoms with Crippen LogP contribution in [-0.4, -0.2) is 41.1 Å². The molecule has 3 aromatic rings. The number of aliphatic hydroxyl groups is 2. The highest BCUT2D eigenvalue weighted by Gasteiger charge is 2.52. The second-order valence-electron chi connectivity index (χ2n) is 9.74. The van der Waals surface area contributed by atoms with E-state index in [-0.39, 0.29) is 11.6 Å². The second kappa shape index (κ2) is 9.58. The van der Waals surface area contributed by atoms with Gasteiger partial charge in [-0.3, -0.25) is 14.3 Å². The van der Waals surface area contributed by atoms with Crippen LogP contribution in [0.5, 0.6) is 0 Å². The molecular weight excluding hydrogens is 439 g/mol. The van der Waals surface area contributed by atoms with Gasteiger partial charge in [-0.2, -0.15) is 4.39 Å². The molecule has 0 saturated carbocycles. The van der Waals surface area contributed by atoms with Gasteiger partial charge in [0.15, 0.2) is 0 Å². The Labute approximate surface area is 193 Å². The Hall–Kier alpha value is -2.81. The minimum atomic E-state index is -2.72. The summed E-state index contributed by atoms with van der Waals surface area (Å²) >= 11 is 0. The second-order valence-corrected chi connectivity index (χ2v) is 14.6. The lowest BCUT2D eigenvalue weighted by atomic mass is 9.92. The zero-order valence-electron chi connectivity index (χ0n) is 19.2. The molecule has 0 aliphatic heterocycles. The third-order valence-corrected chi connectivity index (χ3v) is 13.1. The Morgan fingerprint density at radius 1 is 0.909 bits per heavy atom. The summed E-state index contributed by atoms with van der Waals surface area (Å²) in [5.74, 6) is -1.09. The Morgan fingerprint density at radius 3 is 1.82 bits per heavy atom. The van der Waals surface area contributed by atoms with E-state index < -0.39 is 43.8 Å². The van der Waals surface area contributed by atoms with E-state index in [2.05, 4.69) is 45.0 Å². The SMILES string of the molecule is CC(C)(C)[Si](CC(CO)(CO)Cn1cc(F)c(=O)[nH]c1=O)(c1ccccc1)c1ccccc1. The van der Waals surface area contributed by atoms with Crippen LogP contribution in [-0.2, 0) is 6.54 Å². The van der Waals surface area contributed by atoms with E-state index in [0.29, 0.717) is 6.04 Å². The van der Waals surface area contributed by atoms with Gasteiger partial charge in [0, 0.05) is 12.0 Å². The first-order chi connectivity index (χ1) is 15.6. The van der Waals surface area contributed by atoms with Crippen LogP contribution in [0.3, 0.4) is 0 Å². The topological polar surface area (TPSA) is 95.3 Å². The number of halogens is 1. The number of rotatable bonds is 8. The van der Waals surface area contributed by atoms with Crippen LogP contribution >= 0.6 is 0 Å². The molecule has 0 radical (unpaired) electrons. The number of hydrogen-bond donors (Lipinski definition) is 3. The molecule has 0 spiro atoms. The van der Waals surface area contributed by atoms with Gasteiger partial charge in [-0.25, -0.2) is 4.79 Å². The number of nitrogens with zero attached hydrogens (tertiary/aromatic N) is 1. The average Bonchev–Trinajstić information content (AvgIpc) is 2.80. The number of H-pyrrole nitrogens is 1. The van der Waals surface area contributed by atoms with E-state index in [0.717, 1.165) is 21.1 Å². The number of hydrogen-bond acceptors (Lipinski definition) is 4. The first-order valence-corrected chi connectivity index (χ1v) is 13.1. The van der Waals surface area contributed by atoms with Gasteiger partial charge in [0.05, 0.1) is 19.4 Å². The highest BCUT2D eigenvalue weighted by molar-refractivity contribution is 7.04. The van der Waals surface area contributed by atoms with Crippen LogP contribution in [0.2, 0.25) is 11.1 Å². The van der Waals surface area contributed by atoms with Crippen molar-refractivity contribution in [3.63, 3.8) is 0 Å². The van der Waals surface area contributed by atoms with Gasteiger partial charge in [0.25, 0.3) is 5.56 Å². The third kappa shape index (κ3) is 4.78. The highest BCUT2D eigenvalue weighted by atomic mass is 28.3. The van der Waals surface area contributed by atoms with Crippen molar-refractivity contribution in [2.75, 3.05) is 13.2 Å². The molecule has 0 atom stereocenters. The zero-order valence-corrected chi connectivity index (χ0v) is 20.2. The standard InChI is InChI=1S/C25H31FN2O4Si/c1-24(2,3)33(19-10-6-4-7-11-19,20-12-8-5-9-13-20)18-25(16-29,17-30)15-28-14-21(26)22(31)27-23(28)32/h4-14,29-30H,15-18H2,1-3H3,(H,27,31,32). The molecule has 176 valence electrons. The van der Waals surface area contributed by atoms with Gasteiger partial charge in [-0.05, 0) is 11.1 Å². The van der Waals surface area contributed by atoms with Crippen molar-refractivity contribution in [2.24, 2.45) is 5.41 Å². The molecule has 8 heteroatoms. The van der Waals surface area contributed by atoms with Crippen molar-refractivity contribution in [2.45, 2.75) is 38.4 Å². The van der Waals surface area contributed by atoms with Gasteiger partial charge < -0.3 is 10.2 Å². The summed E-state index contributed by atoms with van der Waals surface area (Å²) in [5, 5.41) is 23.1. The predicted octanol–water partition coefficient (Wildman–Crippen LogP) is 1.71. The maximum absolute atomic E-state index is 14.0. The summed E-state index contributed by atoms with van der Waals surface area (Å²) in [7, 11) is -2.72. The van der Waals surface area contributed by atoms with Gasteiger partial charge in [0.1, 0.15) is 8.07 Å². The zero-order chi connectivity index (χ0) is 24.3. The molecule has 0 aliphatic rings. The lowest BCUT2D eigenvalue weighted by molar-refractivity contribution is 0.0526. The molecule has 1 aromatic heterocycles. The normalized spacial score (nSPS) is 12.7. The highest BCUT2D eigenvalue weighted by Crippen LogP contribution is 2.44. The van der Waals surface area contributed by atoms with Crippen molar-refractivity contribution in [3.05, 3.63) is 93.5 Å². The molecule has 0 saturated heterocycles. The van der Waals surface area contributed by atoms with Gasteiger partial charge >= 0.3 is 5.69 Å². The Morgan fingerprint density at radius 2 is 1.39 bits per heavy atom. The number of aromatic nitrogens is 2. The first kappa shape index (κ1) is 24.8. The molecule has 0 fully saturated rings. The van der Waals surface area contributed by atoms with Crippen LogP contribution in [0, 0.1) is 11.2 Å². The molecule has 1 heterocycles. The Balaban J connectivity index is 2.24. The van der Waals surface area contributed by atoms with Crippen LogP contribution in [0.25, 0.3) is 0 Å². The Bertz CT molecular complexity index is 1140. The minimum Gasteiger partial charge on any atom is -0.396 e. The van der Waals surface area contributed by atoms with Crippen LogP contribution < -0.4 is 21.6 Å². The van der Waals surface area contributed by atoms with Crippen molar-refractivity contribution in [3.8, 4) is 0 Å². The predicted molar refractivity (Wildman–Crippen MR) is 130 cm³/mol.